The maximum Gasteiger partial charge on any atom is 0.261 e. The van der Waals surface area contributed by atoms with Crippen molar-refractivity contribution in [3.05, 3.63) is 52.5 Å². The third-order valence-corrected chi connectivity index (χ3v) is 6.37. The monoisotopic (exact) mass is 396 g/mol. The molecule has 1 aliphatic heterocycles. The molecule has 2 aromatic heterocycles. The molecule has 28 heavy (non-hydrogen) atoms. The molecule has 0 bridgehead atoms. The number of carbonyl (C=O) groups is 1. The Labute approximate surface area is 170 Å². The number of nitrogens with zero attached hydrogens (tertiary/aromatic N) is 3. The highest BCUT2D eigenvalue weighted by Gasteiger charge is 2.25. The Bertz CT molecular complexity index is 960. The molecule has 1 saturated heterocycles. The first kappa shape index (κ1) is 19.2. The van der Waals surface area contributed by atoms with Gasteiger partial charge in [0.1, 0.15) is 4.83 Å². The van der Waals surface area contributed by atoms with Crippen LogP contribution >= 0.6 is 11.3 Å². The summed E-state index contributed by atoms with van der Waals surface area (Å²) in [5.41, 5.74) is 2.32. The molecule has 3 heterocycles. The molecule has 4 rings (SSSR count). The third kappa shape index (κ3) is 4.13. The highest BCUT2D eigenvalue weighted by Crippen LogP contribution is 2.29. The van der Waals surface area contributed by atoms with Gasteiger partial charge >= 0.3 is 0 Å². The molecule has 1 N–H and O–H groups in total. The number of amides is 1. The Morgan fingerprint density at radius 3 is 2.86 bits per heavy atom. The summed E-state index contributed by atoms with van der Waals surface area (Å²) in [5.74, 6) is 0.569. The second-order valence-corrected chi connectivity index (χ2v) is 9.20. The van der Waals surface area contributed by atoms with Crippen LogP contribution in [0.2, 0.25) is 0 Å². The van der Waals surface area contributed by atoms with Crippen molar-refractivity contribution in [1.29, 1.82) is 0 Å². The Morgan fingerprint density at radius 1 is 1.32 bits per heavy atom. The van der Waals surface area contributed by atoms with Crippen molar-refractivity contribution < 1.29 is 4.79 Å². The summed E-state index contributed by atoms with van der Waals surface area (Å²) in [6, 6.07) is 12.7. The van der Waals surface area contributed by atoms with Crippen LogP contribution in [0.25, 0.3) is 10.2 Å². The van der Waals surface area contributed by atoms with Gasteiger partial charge in [-0.15, -0.1) is 11.3 Å². The van der Waals surface area contributed by atoms with Gasteiger partial charge in [0.2, 0.25) is 0 Å². The maximum absolute atomic E-state index is 12.8. The standard InChI is InChI=1S/C22H28N4OS/c1-15(2)12-26-22-19(16(3)24-26)11-20(28-22)21(27)23-18-9-10-25(14-18)13-17-7-5-4-6-8-17/h4-8,11,15,18H,9-10,12-14H2,1-3H3,(H,23,27). The van der Waals surface area contributed by atoms with Crippen molar-refractivity contribution >= 4 is 27.5 Å². The lowest BCUT2D eigenvalue weighted by Gasteiger charge is -2.16. The topological polar surface area (TPSA) is 50.2 Å². The number of hydrogen-bond acceptors (Lipinski definition) is 4. The van der Waals surface area contributed by atoms with Crippen molar-refractivity contribution in [2.24, 2.45) is 5.92 Å². The first-order valence-electron chi connectivity index (χ1n) is 10.0. The summed E-state index contributed by atoms with van der Waals surface area (Å²) in [4.78, 5) is 17.1. The van der Waals surface area contributed by atoms with Crippen molar-refractivity contribution in [2.75, 3.05) is 13.1 Å². The van der Waals surface area contributed by atoms with E-state index in [1.54, 1.807) is 11.3 Å². The summed E-state index contributed by atoms with van der Waals surface area (Å²) in [6.07, 6.45) is 1.00. The Balaban J connectivity index is 1.40. The predicted octanol–water partition coefficient (Wildman–Crippen LogP) is 4.07. The first-order valence-corrected chi connectivity index (χ1v) is 10.9. The fourth-order valence-electron chi connectivity index (χ4n) is 3.89. The molecule has 148 valence electrons. The van der Waals surface area contributed by atoms with Crippen LogP contribution < -0.4 is 5.32 Å². The number of aromatic nitrogens is 2. The van der Waals surface area contributed by atoms with Crippen molar-refractivity contribution in [3.63, 3.8) is 0 Å². The van der Waals surface area contributed by atoms with Crippen LogP contribution in [0, 0.1) is 12.8 Å². The first-order chi connectivity index (χ1) is 13.5. The van der Waals surface area contributed by atoms with E-state index in [1.165, 1.54) is 5.56 Å². The second-order valence-electron chi connectivity index (χ2n) is 8.17. The zero-order valence-corrected chi connectivity index (χ0v) is 17.6. The number of thiophene rings is 1. The number of aryl methyl sites for hydroxylation is 1. The second kappa shape index (κ2) is 8.05. The molecule has 1 unspecified atom stereocenters. The van der Waals surface area contributed by atoms with Gasteiger partial charge in [-0.2, -0.15) is 5.10 Å². The molecule has 0 spiro atoms. The van der Waals surface area contributed by atoms with Gasteiger partial charge in [0.15, 0.2) is 0 Å². The normalized spacial score (nSPS) is 17.6. The molecule has 0 radical (unpaired) electrons. The molecule has 1 amide bonds. The van der Waals surface area contributed by atoms with Crippen LogP contribution in [0.15, 0.2) is 36.4 Å². The van der Waals surface area contributed by atoms with Gasteiger partial charge in [-0.3, -0.25) is 14.4 Å². The van der Waals surface area contributed by atoms with Crippen LogP contribution in [0.5, 0.6) is 0 Å². The van der Waals surface area contributed by atoms with E-state index in [4.69, 9.17) is 0 Å². The molecule has 1 aliphatic rings. The predicted molar refractivity (Wildman–Crippen MR) is 115 cm³/mol. The van der Waals surface area contributed by atoms with E-state index in [1.807, 2.05) is 23.7 Å². The van der Waals surface area contributed by atoms with E-state index >= 15 is 0 Å². The minimum Gasteiger partial charge on any atom is -0.347 e. The summed E-state index contributed by atoms with van der Waals surface area (Å²) in [6.45, 7) is 10.1. The SMILES string of the molecule is Cc1nn(CC(C)C)c2sc(C(=O)NC3CCN(Cc4ccccc4)C3)cc12. The number of likely N-dealkylation sites (tertiary alicyclic amines) is 1. The van der Waals surface area contributed by atoms with Crippen molar-refractivity contribution in [1.82, 2.24) is 20.0 Å². The molecule has 1 aromatic carbocycles. The molecule has 5 nitrogen and oxygen atoms in total. The van der Waals surface area contributed by atoms with E-state index in [0.717, 1.165) is 53.4 Å². The lowest BCUT2D eigenvalue weighted by atomic mass is 10.2. The van der Waals surface area contributed by atoms with Crippen LogP contribution in [0.1, 0.15) is 41.2 Å². The zero-order valence-electron chi connectivity index (χ0n) is 16.8. The van der Waals surface area contributed by atoms with Crippen LogP contribution in [-0.4, -0.2) is 39.7 Å². The third-order valence-electron chi connectivity index (χ3n) is 5.23. The van der Waals surface area contributed by atoms with Gasteiger partial charge in [0.25, 0.3) is 5.91 Å². The number of nitrogens with one attached hydrogen (secondary N) is 1. The van der Waals surface area contributed by atoms with Crippen molar-refractivity contribution in [2.45, 2.75) is 46.3 Å². The van der Waals surface area contributed by atoms with Gasteiger partial charge in [-0.25, -0.2) is 0 Å². The van der Waals surface area contributed by atoms with Crippen LogP contribution in [-0.2, 0) is 13.1 Å². The smallest absolute Gasteiger partial charge is 0.261 e. The van der Waals surface area contributed by atoms with Crippen molar-refractivity contribution in [3.8, 4) is 0 Å². The fourth-order valence-corrected chi connectivity index (χ4v) is 4.96. The van der Waals surface area contributed by atoms with Crippen LogP contribution in [0.3, 0.4) is 0 Å². The number of rotatable bonds is 6. The van der Waals surface area contributed by atoms with Gasteiger partial charge in [-0.05, 0) is 30.9 Å². The Morgan fingerprint density at radius 2 is 2.11 bits per heavy atom. The van der Waals surface area contributed by atoms with E-state index < -0.39 is 0 Å². The number of fused-ring (bicyclic) bond motifs is 1. The molecule has 1 fully saturated rings. The molecular formula is C22H28N4OS. The molecule has 0 saturated carbocycles. The van der Waals surface area contributed by atoms with E-state index in [-0.39, 0.29) is 11.9 Å². The number of benzene rings is 1. The average Bonchev–Trinajstić information content (AvgIpc) is 3.34. The summed E-state index contributed by atoms with van der Waals surface area (Å²) < 4.78 is 2.05. The quantitative estimate of drug-likeness (QED) is 0.683. The van der Waals surface area contributed by atoms with Crippen LogP contribution in [0.4, 0.5) is 0 Å². The Kier molecular flexibility index (Phi) is 5.51. The minimum absolute atomic E-state index is 0.0447. The van der Waals surface area contributed by atoms with E-state index in [0.29, 0.717) is 5.92 Å². The number of carbonyl (C=O) groups excluding carboxylic acids is 1. The average molecular weight is 397 g/mol. The summed E-state index contributed by atoms with van der Waals surface area (Å²) in [7, 11) is 0. The fraction of sp³-hybridized carbons (Fsp3) is 0.455. The molecule has 3 aromatic rings. The highest BCUT2D eigenvalue weighted by atomic mass is 32.1. The van der Waals surface area contributed by atoms with E-state index in [2.05, 4.69) is 53.4 Å². The summed E-state index contributed by atoms with van der Waals surface area (Å²) in [5, 5.41) is 8.98. The minimum atomic E-state index is 0.0447. The maximum atomic E-state index is 12.8. The Hall–Kier alpha value is -2.18. The van der Waals surface area contributed by atoms with Gasteiger partial charge in [0.05, 0.1) is 10.6 Å². The molecule has 1 atom stereocenters. The lowest BCUT2D eigenvalue weighted by Crippen LogP contribution is -2.36. The highest BCUT2D eigenvalue weighted by molar-refractivity contribution is 7.20. The van der Waals surface area contributed by atoms with Gasteiger partial charge < -0.3 is 5.32 Å². The summed E-state index contributed by atoms with van der Waals surface area (Å²) >= 11 is 1.56. The molecule has 0 aliphatic carbocycles. The van der Waals surface area contributed by atoms with Gasteiger partial charge in [0, 0.05) is 37.6 Å². The van der Waals surface area contributed by atoms with Gasteiger partial charge in [-0.1, -0.05) is 44.2 Å². The molecule has 6 heteroatoms. The number of hydrogen-bond donors (Lipinski definition) is 1. The largest absolute Gasteiger partial charge is 0.347 e. The molecular weight excluding hydrogens is 368 g/mol. The zero-order chi connectivity index (χ0) is 19.7. The van der Waals surface area contributed by atoms with E-state index in [9.17, 15) is 4.79 Å². The lowest BCUT2D eigenvalue weighted by molar-refractivity contribution is 0.0942.